The Bertz CT molecular complexity index is 668. The van der Waals surface area contributed by atoms with Crippen molar-refractivity contribution < 1.29 is 9.59 Å². The highest BCUT2D eigenvalue weighted by Gasteiger charge is 2.65. The monoisotopic (exact) mass is 288 g/mol. The molecule has 1 saturated heterocycles. The summed E-state index contributed by atoms with van der Waals surface area (Å²) in [6.45, 7) is 7.59. The van der Waals surface area contributed by atoms with E-state index >= 15 is 0 Å². The molecule has 0 bridgehead atoms. The number of hydrogen-bond donors (Lipinski definition) is 1. The van der Waals surface area contributed by atoms with Crippen molar-refractivity contribution in [2.24, 2.45) is 0 Å². The van der Waals surface area contributed by atoms with Gasteiger partial charge in [0.1, 0.15) is 5.70 Å². The van der Waals surface area contributed by atoms with Crippen LogP contribution in [0.1, 0.15) is 19.4 Å². The molecule has 0 unspecified atom stereocenters. The molecule has 104 valence electrons. The van der Waals surface area contributed by atoms with Crippen molar-refractivity contribution in [1.82, 2.24) is 4.90 Å². The Morgan fingerprint density at radius 3 is 2.45 bits per heavy atom. The van der Waals surface area contributed by atoms with Gasteiger partial charge in [-0.25, -0.2) is 0 Å². The number of benzene rings is 1. The van der Waals surface area contributed by atoms with Gasteiger partial charge in [0.2, 0.25) is 0 Å². The van der Waals surface area contributed by atoms with Crippen LogP contribution in [-0.4, -0.2) is 28.6 Å². The fourth-order valence-corrected chi connectivity index (χ4v) is 3.56. The van der Waals surface area contributed by atoms with Crippen molar-refractivity contribution in [3.63, 3.8) is 0 Å². The zero-order valence-corrected chi connectivity index (χ0v) is 12.6. The van der Waals surface area contributed by atoms with Crippen molar-refractivity contribution in [2.75, 3.05) is 11.9 Å². The van der Waals surface area contributed by atoms with Crippen LogP contribution in [0.4, 0.5) is 5.69 Å². The first-order valence-electron chi connectivity index (χ1n) is 6.38. The third-order valence-corrected chi connectivity index (χ3v) is 5.42. The first-order chi connectivity index (χ1) is 9.24. The SMILES string of the molecule is C=C1C(=O)N2c3ccccc3C(C)(C)[C@]2(S)C(=O)N1C. The highest BCUT2D eigenvalue weighted by molar-refractivity contribution is 7.83. The molecule has 0 aliphatic carbocycles. The van der Waals surface area contributed by atoms with E-state index in [2.05, 4.69) is 19.2 Å². The molecular weight excluding hydrogens is 272 g/mol. The second-order valence-corrected chi connectivity index (χ2v) is 6.41. The minimum Gasteiger partial charge on any atom is -0.308 e. The van der Waals surface area contributed by atoms with E-state index in [9.17, 15) is 9.59 Å². The van der Waals surface area contributed by atoms with E-state index in [0.29, 0.717) is 0 Å². The smallest absolute Gasteiger partial charge is 0.276 e. The number of carbonyl (C=O) groups excluding carboxylic acids is 2. The topological polar surface area (TPSA) is 40.6 Å². The first-order valence-corrected chi connectivity index (χ1v) is 6.83. The van der Waals surface area contributed by atoms with Crippen LogP contribution in [-0.2, 0) is 15.0 Å². The summed E-state index contributed by atoms with van der Waals surface area (Å²) in [7, 11) is 1.57. The first kappa shape index (κ1) is 13.2. The van der Waals surface area contributed by atoms with Gasteiger partial charge in [0, 0.05) is 18.2 Å². The maximum Gasteiger partial charge on any atom is 0.276 e. The largest absolute Gasteiger partial charge is 0.308 e. The van der Waals surface area contributed by atoms with Gasteiger partial charge in [-0.05, 0) is 11.6 Å². The quantitative estimate of drug-likeness (QED) is 0.585. The van der Waals surface area contributed by atoms with Gasteiger partial charge in [-0.1, -0.05) is 38.6 Å². The van der Waals surface area contributed by atoms with Gasteiger partial charge in [0.05, 0.1) is 0 Å². The van der Waals surface area contributed by atoms with E-state index in [1.54, 1.807) is 7.05 Å². The molecular formula is C15H16N2O2S. The van der Waals surface area contributed by atoms with Crippen LogP contribution in [0.15, 0.2) is 36.5 Å². The number of rotatable bonds is 0. The Morgan fingerprint density at radius 2 is 1.80 bits per heavy atom. The van der Waals surface area contributed by atoms with Crippen molar-refractivity contribution in [3.05, 3.63) is 42.1 Å². The molecule has 2 aliphatic heterocycles. The van der Waals surface area contributed by atoms with E-state index in [1.807, 2.05) is 38.1 Å². The summed E-state index contributed by atoms with van der Waals surface area (Å²) in [5.74, 6) is -0.508. The fourth-order valence-electron chi connectivity index (χ4n) is 3.09. The van der Waals surface area contributed by atoms with Gasteiger partial charge in [-0.3, -0.25) is 14.5 Å². The molecule has 1 aromatic carbocycles. The number of fused-ring (bicyclic) bond motifs is 3. The van der Waals surface area contributed by atoms with Crippen LogP contribution in [0.5, 0.6) is 0 Å². The van der Waals surface area contributed by atoms with Crippen molar-refractivity contribution in [1.29, 1.82) is 0 Å². The van der Waals surface area contributed by atoms with Crippen molar-refractivity contribution in [2.45, 2.75) is 24.1 Å². The zero-order valence-electron chi connectivity index (χ0n) is 11.7. The summed E-state index contributed by atoms with van der Waals surface area (Å²) in [6, 6.07) is 7.55. The number of nitrogens with zero attached hydrogens (tertiary/aromatic N) is 2. The van der Waals surface area contributed by atoms with Crippen LogP contribution in [0.2, 0.25) is 0 Å². The maximum atomic E-state index is 12.8. The second kappa shape index (κ2) is 3.67. The molecule has 3 rings (SSSR count). The van der Waals surface area contributed by atoms with Crippen molar-refractivity contribution >= 4 is 30.1 Å². The Kier molecular flexibility index (Phi) is 2.43. The van der Waals surface area contributed by atoms with Gasteiger partial charge < -0.3 is 4.90 Å². The van der Waals surface area contributed by atoms with E-state index < -0.39 is 10.3 Å². The van der Waals surface area contributed by atoms with Crippen molar-refractivity contribution in [3.8, 4) is 0 Å². The lowest BCUT2D eigenvalue weighted by Crippen LogP contribution is -2.67. The van der Waals surface area contributed by atoms with E-state index in [4.69, 9.17) is 0 Å². The molecule has 20 heavy (non-hydrogen) atoms. The lowest BCUT2D eigenvalue weighted by molar-refractivity contribution is -0.139. The molecule has 4 nitrogen and oxygen atoms in total. The fraction of sp³-hybridized carbons (Fsp3) is 0.333. The molecule has 1 fully saturated rings. The molecule has 2 heterocycles. The lowest BCUT2D eigenvalue weighted by Gasteiger charge is -2.47. The average molecular weight is 288 g/mol. The maximum absolute atomic E-state index is 12.8. The highest BCUT2D eigenvalue weighted by Crippen LogP contribution is 2.56. The number of amides is 2. The normalized spacial score (nSPS) is 27.7. The standard InChI is InChI=1S/C15H16N2O2S/c1-9-12(18)17-11-8-6-5-7-10(11)14(2,3)15(17,20)13(19)16(9)4/h5-8,20H,1H2,2-4H3/t15-/m1/s1. The predicted octanol–water partition coefficient (Wildman–Crippen LogP) is 1.92. The summed E-state index contributed by atoms with van der Waals surface area (Å²) >= 11 is 4.66. The minimum absolute atomic E-state index is 0.173. The number of para-hydroxylation sites is 1. The number of likely N-dealkylation sites (N-methyl/N-ethyl adjacent to an activating group) is 1. The van der Waals surface area contributed by atoms with Gasteiger partial charge in [-0.15, -0.1) is 12.6 Å². The van der Waals surface area contributed by atoms with E-state index in [-0.39, 0.29) is 17.5 Å². The summed E-state index contributed by atoms with van der Waals surface area (Å²) in [5, 5.41) is 0. The molecule has 0 radical (unpaired) electrons. The molecule has 1 aromatic rings. The molecule has 0 spiro atoms. The van der Waals surface area contributed by atoms with Gasteiger partial charge in [0.15, 0.2) is 4.87 Å². The zero-order chi connectivity index (χ0) is 14.9. The molecule has 1 atom stereocenters. The van der Waals surface area contributed by atoms with Crippen LogP contribution >= 0.6 is 12.6 Å². The molecule has 0 N–H and O–H groups in total. The summed E-state index contributed by atoms with van der Waals surface area (Å²) in [5.41, 5.74) is 1.26. The van der Waals surface area contributed by atoms with Gasteiger partial charge in [-0.2, -0.15) is 0 Å². The van der Waals surface area contributed by atoms with Gasteiger partial charge >= 0.3 is 0 Å². The number of hydrogen-bond acceptors (Lipinski definition) is 3. The number of carbonyl (C=O) groups is 2. The summed E-state index contributed by atoms with van der Waals surface area (Å²) in [4.78, 5) is 26.9. The van der Waals surface area contributed by atoms with Crippen LogP contribution in [0.25, 0.3) is 0 Å². The molecule has 2 amide bonds. The number of thiol groups is 1. The Labute approximate surface area is 123 Å². The van der Waals surface area contributed by atoms with Crippen LogP contribution in [0, 0.1) is 0 Å². The average Bonchev–Trinajstić information content (AvgIpc) is 2.61. The van der Waals surface area contributed by atoms with Crippen LogP contribution < -0.4 is 4.90 Å². The third-order valence-electron chi connectivity index (χ3n) is 4.47. The molecule has 5 heteroatoms. The number of piperazine rings is 1. The predicted molar refractivity (Wildman–Crippen MR) is 80.6 cm³/mol. The molecule has 0 aromatic heterocycles. The molecule has 0 saturated carbocycles. The highest BCUT2D eigenvalue weighted by atomic mass is 32.1. The third kappa shape index (κ3) is 1.19. The number of anilines is 1. The Hall–Kier alpha value is -1.75. The second-order valence-electron chi connectivity index (χ2n) is 5.77. The van der Waals surface area contributed by atoms with E-state index in [0.717, 1.165) is 11.3 Å². The minimum atomic E-state index is -1.22. The summed E-state index contributed by atoms with van der Waals surface area (Å²) in [6.07, 6.45) is 0. The Morgan fingerprint density at radius 1 is 1.20 bits per heavy atom. The molecule has 2 aliphatic rings. The summed E-state index contributed by atoms with van der Waals surface area (Å²) < 4.78 is 0. The van der Waals surface area contributed by atoms with E-state index in [1.165, 1.54) is 9.80 Å². The lowest BCUT2D eigenvalue weighted by atomic mass is 9.78. The Balaban J connectivity index is 2.35. The van der Waals surface area contributed by atoms with Gasteiger partial charge in [0.25, 0.3) is 11.8 Å². The van der Waals surface area contributed by atoms with Crippen LogP contribution in [0.3, 0.4) is 0 Å².